The Morgan fingerprint density at radius 1 is 1.41 bits per heavy atom. The van der Waals surface area contributed by atoms with Crippen molar-refractivity contribution < 1.29 is 4.79 Å². The smallest absolute Gasteiger partial charge is 0.224 e. The van der Waals surface area contributed by atoms with Gasteiger partial charge in [0.1, 0.15) is 0 Å². The molecule has 1 amide bonds. The highest BCUT2D eigenvalue weighted by atomic mass is 35.5. The molecule has 0 spiro atoms. The normalized spacial score (nSPS) is 14.1. The van der Waals surface area contributed by atoms with Crippen LogP contribution in [0, 0.1) is 5.92 Å². The van der Waals surface area contributed by atoms with Gasteiger partial charge < -0.3 is 11.1 Å². The second kappa shape index (κ2) is 6.62. The van der Waals surface area contributed by atoms with Gasteiger partial charge in [-0.3, -0.25) is 4.79 Å². The lowest BCUT2D eigenvalue weighted by Crippen LogP contribution is -2.39. The third-order valence-electron chi connectivity index (χ3n) is 2.85. The van der Waals surface area contributed by atoms with E-state index in [0.717, 1.165) is 17.0 Å². The first-order valence-corrected chi connectivity index (χ1v) is 6.17. The summed E-state index contributed by atoms with van der Waals surface area (Å²) in [7, 11) is 0. The van der Waals surface area contributed by atoms with E-state index in [1.165, 1.54) is 0 Å². The predicted octanol–water partition coefficient (Wildman–Crippen LogP) is 1.98. The molecule has 2 atom stereocenters. The first-order chi connectivity index (χ1) is 8.02. The van der Waals surface area contributed by atoms with Crippen molar-refractivity contribution >= 4 is 17.5 Å². The van der Waals surface area contributed by atoms with Crippen molar-refractivity contribution in [2.75, 3.05) is 6.54 Å². The van der Waals surface area contributed by atoms with Gasteiger partial charge in [-0.05, 0) is 25.0 Å². The number of nitrogens with one attached hydrogen (secondary N) is 1. The maximum Gasteiger partial charge on any atom is 0.224 e. The van der Waals surface area contributed by atoms with Gasteiger partial charge >= 0.3 is 0 Å². The summed E-state index contributed by atoms with van der Waals surface area (Å²) in [5.74, 6) is -0.173. The van der Waals surface area contributed by atoms with Gasteiger partial charge in [0, 0.05) is 23.5 Å². The lowest BCUT2D eigenvalue weighted by Gasteiger charge is -2.15. The Labute approximate surface area is 107 Å². The maximum atomic E-state index is 11.6. The summed E-state index contributed by atoms with van der Waals surface area (Å²) >= 11 is 6.02. The molecule has 94 valence electrons. The van der Waals surface area contributed by atoms with Gasteiger partial charge in [0.15, 0.2) is 0 Å². The number of halogens is 1. The van der Waals surface area contributed by atoms with E-state index in [2.05, 4.69) is 5.32 Å². The molecule has 0 fully saturated rings. The van der Waals surface area contributed by atoms with E-state index in [9.17, 15) is 4.79 Å². The van der Waals surface area contributed by atoms with Crippen LogP contribution in [-0.2, 0) is 11.2 Å². The Hall–Kier alpha value is -1.06. The summed E-state index contributed by atoms with van der Waals surface area (Å²) in [5, 5.41) is 3.60. The number of hydrogen-bond acceptors (Lipinski definition) is 2. The minimum atomic E-state index is -0.166. The number of carbonyl (C=O) groups excluding carboxylic acids is 1. The molecular weight excluding hydrogens is 236 g/mol. The summed E-state index contributed by atoms with van der Waals surface area (Å²) in [6.45, 7) is 4.24. The lowest BCUT2D eigenvalue weighted by atomic mass is 10.0. The van der Waals surface area contributed by atoms with Gasteiger partial charge in [-0.25, -0.2) is 0 Å². The average molecular weight is 255 g/mol. The van der Waals surface area contributed by atoms with Gasteiger partial charge in [-0.2, -0.15) is 0 Å². The molecule has 0 aliphatic carbocycles. The van der Waals surface area contributed by atoms with Gasteiger partial charge in [0.2, 0.25) is 5.91 Å². The summed E-state index contributed by atoms with van der Waals surface area (Å²) < 4.78 is 0. The highest BCUT2D eigenvalue weighted by molar-refractivity contribution is 6.31. The van der Waals surface area contributed by atoms with E-state index < -0.39 is 0 Å². The van der Waals surface area contributed by atoms with Gasteiger partial charge in [0.05, 0.1) is 0 Å². The topological polar surface area (TPSA) is 55.1 Å². The SMILES string of the molecule is CC(N)C(C)C(=O)NCCc1ccccc1Cl. The van der Waals surface area contributed by atoms with E-state index in [0.29, 0.717) is 6.54 Å². The van der Waals surface area contributed by atoms with Crippen LogP contribution in [0.1, 0.15) is 19.4 Å². The Morgan fingerprint density at radius 3 is 2.65 bits per heavy atom. The predicted molar refractivity (Wildman–Crippen MR) is 71.0 cm³/mol. The maximum absolute atomic E-state index is 11.6. The van der Waals surface area contributed by atoms with Crippen LogP contribution in [0.3, 0.4) is 0 Å². The molecule has 0 heterocycles. The number of hydrogen-bond donors (Lipinski definition) is 2. The molecule has 17 heavy (non-hydrogen) atoms. The molecule has 4 heteroatoms. The number of benzene rings is 1. The van der Waals surface area contributed by atoms with Crippen molar-refractivity contribution in [2.45, 2.75) is 26.3 Å². The van der Waals surface area contributed by atoms with Crippen LogP contribution in [0.15, 0.2) is 24.3 Å². The fourth-order valence-corrected chi connectivity index (χ4v) is 1.65. The lowest BCUT2D eigenvalue weighted by molar-refractivity contribution is -0.124. The van der Waals surface area contributed by atoms with E-state index in [-0.39, 0.29) is 17.9 Å². The molecule has 3 N–H and O–H groups in total. The standard InChI is InChI=1S/C13H19ClN2O/c1-9(10(2)15)13(17)16-8-7-11-5-3-4-6-12(11)14/h3-6,9-10H,7-8,15H2,1-2H3,(H,16,17). The van der Waals surface area contributed by atoms with Crippen molar-refractivity contribution in [3.05, 3.63) is 34.9 Å². The molecule has 0 saturated heterocycles. The van der Waals surface area contributed by atoms with E-state index >= 15 is 0 Å². The van der Waals surface area contributed by atoms with Crippen molar-refractivity contribution in [1.29, 1.82) is 0 Å². The van der Waals surface area contributed by atoms with Crippen LogP contribution in [0.25, 0.3) is 0 Å². The molecule has 0 radical (unpaired) electrons. The summed E-state index contributed by atoms with van der Waals surface area (Å²) in [6, 6.07) is 7.51. The average Bonchev–Trinajstić information content (AvgIpc) is 2.30. The van der Waals surface area contributed by atoms with Crippen molar-refractivity contribution in [2.24, 2.45) is 11.7 Å². The van der Waals surface area contributed by atoms with E-state index in [1.807, 2.05) is 38.1 Å². The Bertz CT molecular complexity index is 379. The van der Waals surface area contributed by atoms with Crippen LogP contribution < -0.4 is 11.1 Å². The highest BCUT2D eigenvalue weighted by Crippen LogP contribution is 2.14. The molecule has 2 unspecified atom stereocenters. The molecule has 0 aliphatic heterocycles. The minimum Gasteiger partial charge on any atom is -0.355 e. The number of nitrogens with two attached hydrogens (primary N) is 1. The molecule has 1 aromatic rings. The van der Waals surface area contributed by atoms with Crippen LogP contribution in [0.4, 0.5) is 0 Å². The molecule has 0 aromatic heterocycles. The minimum absolute atomic E-state index is 0.00736. The Balaban J connectivity index is 2.38. The molecule has 1 rings (SSSR count). The van der Waals surface area contributed by atoms with Gasteiger partial charge in [-0.15, -0.1) is 0 Å². The molecule has 3 nitrogen and oxygen atoms in total. The second-order valence-electron chi connectivity index (χ2n) is 4.28. The molecule has 0 aliphatic rings. The highest BCUT2D eigenvalue weighted by Gasteiger charge is 2.16. The van der Waals surface area contributed by atoms with Crippen LogP contribution >= 0.6 is 11.6 Å². The van der Waals surface area contributed by atoms with Crippen LogP contribution in [0.5, 0.6) is 0 Å². The van der Waals surface area contributed by atoms with Crippen molar-refractivity contribution in [3.63, 3.8) is 0 Å². The Morgan fingerprint density at radius 2 is 2.06 bits per heavy atom. The van der Waals surface area contributed by atoms with E-state index in [4.69, 9.17) is 17.3 Å². The molecule has 0 saturated carbocycles. The zero-order valence-corrected chi connectivity index (χ0v) is 11.0. The third-order valence-corrected chi connectivity index (χ3v) is 3.22. The molecular formula is C13H19ClN2O. The number of amides is 1. The molecule has 0 bridgehead atoms. The van der Waals surface area contributed by atoms with Crippen molar-refractivity contribution in [1.82, 2.24) is 5.32 Å². The fraction of sp³-hybridized carbons (Fsp3) is 0.462. The second-order valence-corrected chi connectivity index (χ2v) is 4.69. The van der Waals surface area contributed by atoms with Crippen LogP contribution in [0.2, 0.25) is 5.02 Å². The zero-order chi connectivity index (χ0) is 12.8. The van der Waals surface area contributed by atoms with Crippen LogP contribution in [-0.4, -0.2) is 18.5 Å². The largest absolute Gasteiger partial charge is 0.355 e. The first-order valence-electron chi connectivity index (χ1n) is 5.79. The summed E-state index contributed by atoms with van der Waals surface area (Å²) in [6.07, 6.45) is 0.733. The Kier molecular flexibility index (Phi) is 5.45. The quantitative estimate of drug-likeness (QED) is 0.844. The van der Waals surface area contributed by atoms with Gasteiger partial charge in [-0.1, -0.05) is 36.7 Å². The first kappa shape index (κ1) is 14.0. The fourth-order valence-electron chi connectivity index (χ4n) is 1.42. The number of rotatable bonds is 5. The molecule has 1 aromatic carbocycles. The van der Waals surface area contributed by atoms with E-state index in [1.54, 1.807) is 0 Å². The monoisotopic (exact) mass is 254 g/mol. The van der Waals surface area contributed by atoms with Gasteiger partial charge in [0.25, 0.3) is 0 Å². The third kappa shape index (κ3) is 4.36. The number of carbonyl (C=O) groups is 1. The zero-order valence-electron chi connectivity index (χ0n) is 10.2. The summed E-state index contributed by atoms with van der Waals surface area (Å²) in [4.78, 5) is 11.6. The summed E-state index contributed by atoms with van der Waals surface area (Å²) in [5.41, 5.74) is 6.71. The van der Waals surface area contributed by atoms with Crippen molar-refractivity contribution in [3.8, 4) is 0 Å².